The van der Waals surface area contributed by atoms with Crippen LogP contribution in [0.3, 0.4) is 0 Å². The molecular weight excluding hydrogens is 1600 g/mol. The van der Waals surface area contributed by atoms with Gasteiger partial charge in [0.05, 0.1) is 96.7 Å². The lowest BCUT2D eigenvalue weighted by Gasteiger charge is -2.50. The molecule has 14 saturated carbocycles. The molecule has 0 heterocycles. The van der Waals surface area contributed by atoms with Crippen LogP contribution in [0, 0.1) is 0 Å². The zero-order chi connectivity index (χ0) is 90.3. The van der Waals surface area contributed by atoms with Gasteiger partial charge in [-0.1, -0.05) is 306 Å². The molecule has 0 aliphatic heterocycles. The first-order chi connectivity index (χ1) is 63.8. The van der Waals surface area contributed by atoms with Crippen LogP contribution in [0.4, 0.5) is 11.4 Å². The number of benzene rings is 2. The first-order valence-electron chi connectivity index (χ1n) is 55.8. The second-order valence-electron chi connectivity index (χ2n) is 43.7. The van der Waals surface area contributed by atoms with Crippen LogP contribution in [-0.4, -0.2) is 217 Å². The maximum absolute atomic E-state index is 6.82. The highest BCUT2D eigenvalue weighted by molar-refractivity contribution is 6.08. The van der Waals surface area contributed by atoms with Crippen LogP contribution in [0.2, 0.25) is 0 Å². The summed E-state index contributed by atoms with van der Waals surface area (Å²) in [5.41, 5.74) is 17.3. The summed E-state index contributed by atoms with van der Waals surface area (Å²) in [6.45, 7) is 0. The van der Waals surface area contributed by atoms with Crippen molar-refractivity contribution in [1.82, 2.24) is 35.1 Å². The number of nitrogens with two attached hydrogens (primary N) is 3. The molecule has 20 heteroatoms. The van der Waals surface area contributed by atoms with Gasteiger partial charge in [0.25, 0.3) is 23.8 Å². The van der Waals surface area contributed by atoms with Crippen LogP contribution in [0.5, 0.6) is 0 Å². The molecule has 728 valence electrons. The summed E-state index contributed by atoms with van der Waals surface area (Å²) in [6, 6.07) is 29.3. The Morgan fingerprint density at radius 1 is 0.292 bits per heavy atom. The van der Waals surface area contributed by atoms with Crippen molar-refractivity contribution in [2.75, 3.05) is 52.9 Å². The predicted octanol–water partition coefficient (Wildman–Crippen LogP) is 23.1. The Labute approximate surface area is 792 Å². The van der Waals surface area contributed by atoms with E-state index in [0.29, 0.717) is 96.5 Å². The minimum atomic E-state index is -0.0267. The second kappa shape index (κ2) is 55.4. The Kier molecular flexibility index (Phi) is 43.0. The standard InChI is InChI=1S/C50H88N5.C38H67N5.C18H23N5.C4H11N5/c1-9-25-41(26-10-1)52(42-27-11-2-12-28-42)49(53(43-29-13-3-14-30-43)44-31-15-4-16-32-44)51-50(54(45-33-17-5-18-34-45)46-35-19-6-20-36-46)55(47-37-21-7-22-38-47)48-39-23-8-24-40-48;1-7-19-31(20-8-1)39-37(40-32-21-9-2-10-22-32)41-38(42(33-23-11-3-12-24-33)34-25-13-4-14-26-34)43(35-27-15-5-16-28-35)36-29-17-6-18-30-36;1-22(2)18(23(3)4)21-17(19-15-11-7-5-8-12-15)20-16-13-9-6-10-14-16;1-9(2)4(7)8-3(5)6/h41-48H,1-40H2;31-36H,1-30H2,(H,39,40);5-14H,1-4H3,(H,19,20);1-2H3,(H5,5,6,7,8)/q+1;;;/p+3. The molecule has 14 aliphatic rings. The van der Waals surface area contributed by atoms with Crippen molar-refractivity contribution >= 4 is 59.1 Å². The minimum absolute atomic E-state index is 0.0267. The van der Waals surface area contributed by atoms with Gasteiger partial charge in [0, 0.05) is 41.6 Å². The van der Waals surface area contributed by atoms with Crippen LogP contribution in [0.15, 0.2) is 80.6 Å². The summed E-state index contributed by atoms with van der Waals surface area (Å²) < 4.78 is 9.85. The molecule has 0 spiro atoms. The molecule has 0 aromatic heterocycles. The summed E-state index contributed by atoms with van der Waals surface area (Å²) in [5, 5.41) is 15.1. The van der Waals surface area contributed by atoms with E-state index in [1.165, 1.54) is 455 Å². The molecule has 130 heavy (non-hydrogen) atoms. The van der Waals surface area contributed by atoms with Crippen molar-refractivity contribution in [3.63, 3.8) is 0 Å². The monoisotopic (exact) mass is 1790 g/mol. The Morgan fingerprint density at radius 3 is 0.869 bits per heavy atom. The summed E-state index contributed by atoms with van der Waals surface area (Å²) in [7, 11) is 11.4. The van der Waals surface area contributed by atoms with E-state index in [0.717, 1.165) is 23.3 Å². The van der Waals surface area contributed by atoms with Crippen LogP contribution in [-0.2, 0) is 0 Å². The van der Waals surface area contributed by atoms with Crippen molar-refractivity contribution in [2.45, 2.75) is 534 Å². The highest BCUT2D eigenvalue weighted by Gasteiger charge is 2.49. The summed E-state index contributed by atoms with van der Waals surface area (Å²) >= 11 is 0. The van der Waals surface area contributed by atoms with Crippen LogP contribution >= 0.6 is 0 Å². The number of hydrogen-bond acceptors (Lipinski definition) is 1. The number of para-hydroxylation sites is 2. The van der Waals surface area contributed by atoms with Crippen molar-refractivity contribution < 1.29 is 18.3 Å². The third kappa shape index (κ3) is 31.2. The van der Waals surface area contributed by atoms with Gasteiger partial charge in [0.15, 0.2) is 0 Å². The Bertz CT molecular complexity index is 3550. The van der Waals surface area contributed by atoms with E-state index in [1.807, 2.05) is 98.3 Å². The third-order valence-corrected chi connectivity index (χ3v) is 33.1. The highest BCUT2D eigenvalue weighted by atomic mass is 15.5. The molecule has 2 aromatic carbocycles. The molecule has 14 aliphatic carbocycles. The minimum Gasteiger partial charge on any atom is -0.356 e. The number of nitrogens with zero attached hydrogens (tertiary/aromatic N) is 13. The van der Waals surface area contributed by atoms with Crippen molar-refractivity contribution in [3.8, 4) is 0 Å². The molecule has 0 unspecified atom stereocenters. The van der Waals surface area contributed by atoms with Gasteiger partial charge in [-0.15, -0.1) is 0 Å². The fourth-order valence-corrected chi connectivity index (χ4v) is 26.3. The van der Waals surface area contributed by atoms with E-state index in [4.69, 9.17) is 32.2 Å². The zero-order valence-corrected chi connectivity index (χ0v) is 83.9. The molecule has 16 rings (SSSR count). The normalized spacial score (nSPS) is 22.9. The number of aliphatic imine (C=N–C) groups is 4. The Balaban J connectivity index is 0.000000169. The fraction of sp³-hybridized carbons (Fsp3) is 0.818. The Hall–Kier alpha value is -6.60. The predicted molar refractivity (Wildman–Crippen MR) is 551 cm³/mol. The largest absolute Gasteiger partial charge is 0.393 e. The highest BCUT2D eigenvalue weighted by Crippen LogP contribution is 2.42. The number of guanidine groups is 8. The smallest absolute Gasteiger partial charge is 0.356 e. The van der Waals surface area contributed by atoms with Crippen LogP contribution in [0.25, 0.3) is 0 Å². The van der Waals surface area contributed by atoms with E-state index in [9.17, 15) is 0 Å². The summed E-state index contributed by atoms with van der Waals surface area (Å²) in [5.74, 6) is 7.57. The van der Waals surface area contributed by atoms with Gasteiger partial charge < -0.3 is 37.2 Å². The molecule has 2 aromatic rings. The number of nitrogens with one attached hydrogen (secondary N) is 4. The topological polar surface area (TPSA) is 204 Å². The van der Waals surface area contributed by atoms with Gasteiger partial charge in [-0.2, -0.15) is 0 Å². The van der Waals surface area contributed by atoms with Gasteiger partial charge >= 0.3 is 23.8 Å². The van der Waals surface area contributed by atoms with E-state index in [-0.39, 0.29) is 5.96 Å². The van der Waals surface area contributed by atoms with Crippen molar-refractivity contribution in [3.05, 3.63) is 60.7 Å². The second-order valence-corrected chi connectivity index (χ2v) is 43.7. The lowest BCUT2D eigenvalue weighted by atomic mass is 9.86. The lowest BCUT2D eigenvalue weighted by Crippen LogP contribution is -2.63. The van der Waals surface area contributed by atoms with E-state index in [1.54, 1.807) is 30.6 Å². The third-order valence-electron chi connectivity index (χ3n) is 33.1. The molecule has 0 saturated heterocycles. The molecule has 14 fully saturated rings. The molecule has 0 amide bonds. The molecule has 0 bridgehead atoms. The maximum atomic E-state index is 6.82. The number of hydrogen-bond donors (Lipinski definition) is 7. The summed E-state index contributed by atoms with van der Waals surface area (Å²) in [4.78, 5) is 35.4. The van der Waals surface area contributed by atoms with Crippen LogP contribution in [0.1, 0.15) is 449 Å². The van der Waals surface area contributed by atoms with Gasteiger partial charge in [0.1, 0.15) is 0 Å². The van der Waals surface area contributed by atoms with Gasteiger partial charge in [-0.05, 0) is 219 Å². The number of anilines is 2. The maximum Gasteiger partial charge on any atom is 0.393 e. The average Bonchev–Trinajstić information content (AvgIpc) is 0.766. The molecule has 0 radical (unpaired) electrons. The first-order valence-corrected chi connectivity index (χ1v) is 55.8. The van der Waals surface area contributed by atoms with Crippen molar-refractivity contribution in [2.24, 2.45) is 37.2 Å². The molecule has 10 N–H and O–H groups in total. The molecule has 0 atom stereocenters. The van der Waals surface area contributed by atoms with Crippen LogP contribution < -0.4 is 38.5 Å². The van der Waals surface area contributed by atoms with Gasteiger partial charge in [0.2, 0.25) is 0 Å². The Morgan fingerprint density at radius 2 is 0.577 bits per heavy atom. The van der Waals surface area contributed by atoms with E-state index in [2.05, 4.69) is 55.0 Å². The average molecular weight is 1790 g/mol. The molecular formula is C110H192N20+4. The zero-order valence-electron chi connectivity index (χ0n) is 83.9. The van der Waals surface area contributed by atoms with Gasteiger partial charge in [-0.3, -0.25) is 38.7 Å². The quantitative estimate of drug-likeness (QED) is 0.0477. The SMILES string of the molecule is C1CCC(N(C(=NC(N(C2CCCCC2)C2CCCCC2)=[N+](C2CCCCC2)C2CCCCC2)N(C2CCCCC2)C2CCCCC2)C2CCCCC2)CC1.C1CCC(N=C(NC(N(C2CCCCC2)C2CCCCC2)=[N+](C2CCCCC2)C2CCCCC2)NC2CCCCC2)CC1.CN(C)C(N=C(Nc1ccccc1)Nc1ccccc1)=[N+](C)C.C[N+](C)=C(N)N=C(N)N. The van der Waals surface area contributed by atoms with E-state index >= 15 is 0 Å². The molecule has 20 nitrogen and oxygen atoms in total. The lowest BCUT2D eigenvalue weighted by molar-refractivity contribution is -0.613. The fourth-order valence-electron chi connectivity index (χ4n) is 26.3. The van der Waals surface area contributed by atoms with Crippen molar-refractivity contribution in [1.29, 1.82) is 0 Å². The van der Waals surface area contributed by atoms with Gasteiger partial charge in [-0.25, -0.2) is 10.3 Å². The van der Waals surface area contributed by atoms with E-state index < -0.39 is 0 Å². The first kappa shape index (κ1) is 101. The number of rotatable bonds is 16. The summed E-state index contributed by atoms with van der Waals surface area (Å²) in [6.07, 6.45) is 98.4.